The van der Waals surface area contributed by atoms with Crippen molar-refractivity contribution >= 4 is 17.7 Å². The van der Waals surface area contributed by atoms with Gasteiger partial charge in [0.25, 0.3) is 0 Å². The van der Waals surface area contributed by atoms with Crippen LogP contribution in [0.5, 0.6) is 11.5 Å². The smallest absolute Gasteiger partial charge is 0.420 e. The van der Waals surface area contributed by atoms with Crippen molar-refractivity contribution in [1.82, 2.24) is 0 Å². The van der Waals surface area contributed by atoms with E-state index in [1.54, 1.807) is 26.2 Å². The molecular weight excluding hydrogens is 455 g/mol. The molecule has 0 aromatic heterocycles. The minimum Gasteiger partial charge on any atom is -0.496 e. The highest BCUT2D eigenvalue weighted by molar-refractivity contribution is 5.85. The second kappa shape index (κ2) is 11.6. The molecule has 2 N–H and O–H groups in total. The molecule has 0 aliphatic carbocycles. The number of aryl methyl sites for hydroxylation is 1. The fourth-order valence-electron chi connectivity index (χ4n) is 3.39. The summed E-state index contributed by atoms with van der Waals surface area (Å²) in [6, 6.07) is 5.01. The van der Waals surface area contributed by atoms with Crippen molar-refractivity contribution in [2.75, 3.05) is 12.8 Å². The topological polar surface area (TPSA) is 61.5 Å². The molecule has 0 amide bonds. The number of allylic oxidation sites excluding steroid dienone is 6. The zero-order chi connectivity index (χ0) is 26.3. The summed E-state index contributed by atoms with van der Waals surface area (Å²) in [6.07, 6.45) is 5.74. The Bertz CT molecular complexity index is 1220. The molecule has 186 valence electrons. The first-order chi connectivity index (χ1) is 16.3. The zero-order valence-electron chi connectivity index (χ0n) is 20.7. The standard InChI is InChI=1S/C28H30F3NO3/c1-17(10-12-23-19(3)15-26(34-6)21(5)20(23)4)8-7-9-18(2)14-27(33)35-25-13-11-22(32)16-24(25)28(29,30)31/h7-16H,32H2,1-6H3/b9-7+,12-10?,17-8+,18-14+. The summed E-state index contributed by atoms with van der Waals surface area (Å²) in [4.78, 5) is 12.1. The van der Waals surface area contributed by atoms with Gasteiger partial charge >= 0.3 is 12.1 Å². The summed E-state index contributed by atoms with van der Waals surface area (Å²) in [5, 5.41) is 0. The van der Waals surface area contributed by atoms with Crippen LogP contribution >= 0.6 is 0 Å². The van der Waals surface area contributed by atoms with Crippen LogP contribution in [0.25, 0.3) is 6.08 Å². The van der Waals surface area contributed by atoms with Gasteiger partial charge in [-0.25, -0.2) is 4.79 Å². The van der Waals surface area contributed by atoms with Gasteiger partial charge in [-0.2, -0.15) is 13.2 Å². The van der Waals surface area contributed by atoms with Gasteiger partial charge in [0, 0.05) is 11.8 Å². The fraction of sp³-hybridized carbons (Fsp3) is 0.250. The molecule has 0 fully saturated rings. The molecular formula is C28H30F3NO3. The molecule has 0 bridgehead atoms. The number of carbonyl (C=O) groups excluding carboxylic acids is 1. The largest absolute Gasteiger partial charge is 0.496 e. The molecule has 35 heavy (non-hydrogen) atoms. The third-order valence-electron chi connectivity index (χ3n) is 5.42. The third kappa shape index (κ3) is 7.64. The summed E-state index contributed by atoms with van der Waals surface area (Å²) < 4.78 is 49.8. The molecule has 0 radical (unpaired) electrons. The number of alkyl halides is 3. The molecule has 4 nitrogen and oxygen atoms in total. The maximum atomic E-state index is 13.2. The average Bonchev–Trinajstić information content (AvgIpc) is 2.76. The van der Waals surface area contributed by atoms with Crippen LogP contribution in [0.1, 0.15) is 41.7 Å². The van der Waals surface area contributed by atoms with Gasteiger partial charge in [0.15, 0.2) is 0 Å². The van der Waals surface area contributed by atoms with Crippen molar-refractivity contribution in [1.29, 1.82) is 0 Å². The number of rotatable bonds is 7. The van der Waals surface area contributed by atoms with Crippen LogP contribution in [0.4, 0.5) is 18.9 Å². The fourth-order valence-corrected chi connectivity index (χ4v) is 3.39. The van der Waals surface area contributed by atoms with Gasteiger partial charge in [-0.15, -0.1) is 0 Å². The summed E-state index contributed by atoms with van der Waals surface area (Å²) in [6.45, 7) is 9.70. The van der Waals surface area contributed by atoms with E-state index in [-0.39, 0.29) is 5.69 Å². The first-order valence-corrected chi connectivity index (χ1v) is 10.9. The Kier molecular flexibility index (Phi) is 9.12. The minimum absolute atomic E-state index is 0.0737. The number of halogens is 3. The molecule has 0 saturated heterocycles. The number of esters is 1. The Balaban J connectivity index is 2.10. The number of hydrogen-bond donors (Lipinski definition) is 1. The van der Waals surface area contributed by atoms with Crippen LogP contribution in [0.15, 0.2) is 65.8 Å². The van der Waals surface area contributed by atoms with Gasteiger partial charge in [-0.05, 0) is 86.7 Å². The summed E-state index contributed by atoms with van der Waals surface area (Å²) >= 11 is 0. The van der Waals surface area contributed by atoms with Crippen LogP contribution in [-0.4, -0.2) is 13.1 Å². The predicted molar refractivity (Wildman–Crippen MR) is 134 cm³/mol. The van der Waals surface area contributed by atoms with E-state index in [2.05, 4.69) is 6.92 Å². The van der Waals surface area contributed by atoms with E-state index in [9.17, 15) is 18.0 Å². The first kappa shape index (κ1) is 27.5. The molecule has 0 atom stereocenters. The molecule has 0 aliphatic heterocycles. The molecule has 0 unspecified atom stereocenters. The number of benzene rings is 2. The molecule has 0 spiro atoms. The number of nitrogen functional groups attached to an aromatic ring is 1. The quantitative estimate of drug-likeness (QED) is 0.147. The lowest BCUT2D eigenvalue weighted by Gasteiger charge is -2.13. The monoisotopic (exact) mass is 485 g/mol. The van der Waals surface area contributed by atoms with Crippen LogP contribution in [-0.2, 0) is 11.0 Å². The van der Waals surface area contributed by atoms with Crippen LogP contribution in [0.3, 0.4) is 0 Å². The second-order valence-corrected chi connectivity index (χ2v) is 8.23. The Labute approximate surface area is 204 Å². The lowest BCUT2D eigenvalue weighted by atomic mass is 9.96. The zero-order valence-corrected chi connectivity index (χ0v) is 20.7. The van der Waals surface area contributed by atoms with Crippen molar-refractivity contribution in [3.05, 3.63) is 93.6 Å². The lowest BCUT2D eigenvalue weighted by molar-refractivity contribution is -0.140. The number of nitrogens with two attached hydrogens (primary N) is 1. The maximum absolute atomic E-state index is 13.2. The highest BCUT2D eigenvalue weighted by Gasteiger charge is 2.35. The number of carbonyl (C=O) groups is 1. The summed E-state index contributed by atoms with van der Waals surface area (Å²) in [5.41, 5.74) is 10.2. The van der Waals surface area contributed by atoms with Gasteiger partial charge in [0.1, 0.15) is 17.1 Å². The Morgan fingerprint density at radius 2 is 1.66 bits per heavy atom. The van der Waals surface area contributed by atoms with Gasteiger partial charge in [0.2, 0.25) is 0 Å². The minimum atomic E-state index is -4.69. The SMILES string of the molecule is COc1cc(C)c(C=C/C(C)=C/C=C/C(C)=C/C(=O)Oc2ccc(N)cc2C(F)(F)F)c(C)c1C. The number of hydrogen-bond acceptors (Lipinski definition) is 4. The van der Waals surface area contributed by atoms with Crippen LogP contribution in [0, 0.1) is 20.8 Å². The first-order valence-electron chi connectivity index (χ1n) is 10.9. The second-order valence-electron chi connectivity index (χ2n) is 8.23. The summed E-state index contributed by atoms with van der Waals surface area (Å²) in [7, 11) is 1.66. The van der Waals surface area contributed by atoms with E-state index in [4.69, 9.17) is 15.2 Å². The highest BCUT2D eigenvalue weighted by Crippen LogP contribution is 2.37. The van der Waals surface area contributed by atoms with Gasteiger partial charge in [0.05, 0.1) is 7.11 Å². The van der Waals surface area contributed by atoms with Crippen LogP contribution in [0.2, 0.25) is 0 Å². The van der Waals surface area contributed by atoms with E-state index >= 15 is 0 Å². The Morgan fingerprint density at radius 1 is 0.971 bits per heavy atom. The van der Waals surface area contributed by atoms with Gasteiger partial charge < -0.3 is 15.2 Å². The molecule has 0 aliphatic rings. The van der Waals surface area contributed by atoms with E-state index in [0.29, 0.717) is 5.57 Å². The lowest BCUT2D eigenvalue weighted by Crippen LogP contribution is -2.12. The molecule has 0 saturated carbocycles. The summed E-state index contributed by atoms with van der Waals surface area (Å²) in [5.74, 6) is -0.645. The van der Waals surface area contributed by atoms with Crippen molar-refractivity contribution in [2.24, 2.45) is 0 Å². The van der Waals surface area contributed by atoms with Crippen molar-refractivity contribution in [2.45, 2.75) is 40.8 Å². The van der Waals surface area contributed by atoms with Crippen molar-refractivity contribution < 1.29 is 27.4 Å². The van der Waals surface area contributed by atoms with E-state index in [0.717, 1.165) is 51.8 Å². The predicted octanol–water partition coefficient (Wildman–Crippen LogP) is 7.29. The van der Waals surface area contributed by atoms with E-state index < -0.39 is 23.5 Å². The molecule has 2 aromatic rings. The Hall–Kier alpha value is -3.74. The van der Waals surface area contributed by atoms with Crippen molar-refractivity contribution in [3.8, 4) is 11.5 Å². The van der Waals surface area contributed by atoms with Gasteiger partial charge in [-0.3, -0.25) is 0 Å². The van der Waals surface area contributed by atoms with E-state index in [1.807, 2.05) is 45.1 Å². The Morgan fingerprint density at radius 3 is 2.29 bits per heavy atom. The molecule has 2 aromatic carbocycles. The van der Waals surface area contributed by atoms with Crippen LogP contribution < -0.4 is 15.2 Å². The van der Waals surface area contributed by atoms with Gasteiger partial charge in [-0.1, -0.05) is 36.0 Å². The normalized spacial score (nSPS) is 13.1. The number of ether oxygens (including phenoxy) is 2. The maximum Gasteiger partial charge on any atom is 0.420 e. The molecule has 0 heterocycles. The molecule has 2 rings (SSSR count). The number of methoxy groups -OCH3 is 1. The van der Waals surface area contributed by atoms with Crippen molar-refractivity contribution in [3.63, 3.8) is 0 Å². The molecule has 7 heteroatoms. The average molecular weight is 486 g/mol. The number of anilines is 1. The highest BCUT2D eigenvalue weighted by atomic mass is 19.4. The third-order valence-corrected chi connectivity index (χ3v) is 5.42. The van der Waals surface area contributed by atoms with E-state index in [1.165, 1.54) is 6.07 Å².